The molecule has 2 aromatic carbocycles. The molecule has 1 aromatic heterocycles. The first kappa shape index (κ1) is 28.6. The summed E-state index contributed by atoms with van der Waals surface area (Å²) in [6.45, 7) is 5.49. The fourth-order valence-corrected chi connectivity index (χ4v) is 5.75. The molecule has 11 heteroatoms. The second-order valence-corrected chi connectivity index (χ2v) is 12.0. The van der Waals surface area contributed by atoms with Crippen LogP contribution in [0.5, 0.6) is 5.75 Å². The number of anilines is 1. The summed E-state index contributed by atoms with van der Waals surface area (Å²) >= 11 is 0. The van der Waals surface area contributed by atoms with Gasteiger partial charge in [-0.1, -0.05) is 37.3 Å². The highest BCUT2D eigenvalue weighted by molar-refractivity contribution is 7.92. The number of rotatable bonds is 9. The molecule has 0 aliphatic carbocycles. The number of amides is 1. The Morgan fingerprint density at radius 3 is 2.64 bits per heavy atom. The average Bonchev–Trinajstić information content (AvgIpc) is 3.36. The molecule has 1 aliphatic rings. The minimum absolute atomic E-state index is 0.0120. The summed E-state index contributed by atoms with van der Waals surface area (Å²) in [4.78, 5) is 21.2. The van der Waals surface area contributed by atoms with Crippen molar-refractivity contribution in [1.29, 1.82) is 0 Å². The number of likely N-dealkylation sites (N-methyl/N-ethyl adjacent to an activating group) is 1. The van der Waals surface area contributed by atoms with Gasteiger partial charge in [0.05, 0.1) is 25.4 Å². The van der Waals surface area contributed by atoms with E-state index in [0.29, 0.717) is 30.1 Å². The van der Waals surface area contributed by atoms with Crippen LogP contribution in [-0.4, -0.2) is 77.7 Å². The molecule has 0 radical (unpaired) electrons. The maximum Gasteiger partial charge on any atom is 0.280 e. The number of fused-ring (bicyclic) bond motifs is 1. The van der Waals surface area contributed by atoms with Gasteiger partial charge in [0.25, 0.3) is 10.0 Å². The van der Waals surface area contributed by atoms with E-state index in [0.717, 1.165) is 6.54 Å². The van der Waals surface area contributed by atoms with Crippen molar-refractivity contribution in [2.24, 2.45) is 13.0 Å². The molecule has 210 valence electrons. The van der Waals surface area contributed by atoms with Crippen molar-refractivity contribution in [2.75, 3.05) is 31.5 Å². The fraction of sp³-hybridized carbons (Fsp3) is 0.429. The molecule has 3 aromatic rings. The molecule has 2 heterocycles. The average molecular weight is 556 g/mol. The largest absolute Gasteiger partial charge is 0.488 e. The number of sulfonamides is 1. The molecule has 0 saturated carbocycles. The van der Waals surface area contributed by atoms with E-state index in [9.17, 15) is 18.3 Å². The zero-order chi connectivity index (χ0) is 28.2. The molecule has 1 aliphatic heterocycles. The number of ether oxygens (including phenoxy) is 1. The molecule has 4 rings (SSSR count). The Balaban J connectivity index is 1.63. The molecule has 0 fully saturated rings. The molecule has 1 amide bonds. The van der Waals surface area contributed by atoms with E-state index in [-0.39, 0.29) is 42.0 Å². The summed E-state index contributed by atoms with van der Waals surface area (Å²) in [6.07, 6.45) is 2.59. The molecule has 0 spiro atoms. The standard InChI is InChI=1S/C28H37N5O5S/c1-20-14-33(21(2)18-34)28(35)13-23-12-24(30-39(36,37)27-17-32(4)19-29-27)10-11-25(23)38-26(20)16-31(3)15-22-8-6-5-7-9-22/h5-12,17,19-21,26,30,34H,13-16,18H2,1-4H3/t20-,21-,26-/m1/s1. The van der Waals surface area contributed by atoms with Crippen LogP contribution in [-0.2, 0) is 34.8 Å². The molecule has 10 nitrogen and oxygen atoms in total. The van der Waals surface area contributed by atoms with Crippen molar-refractivity contribution in [2.45, 2.75) is 44.0 Å². The fourth-order valence-electron chi connectivity index (χ4n) is 4.71. The molecule has 2 N–H and O–H groups in total. The predicted molar refractivity (Wildman–Crippen MR) is 149 cm³/mol. The van der Waals surface area contributed by atoms with Gasteiger partial charge in [-0.05, 0) is 37.7 Å². The Hall–Kier alpha value is -3.41. The van der Waals surface area contributed by atoms with Crippen LogP contribution in [0.15, 0.2) is 66.1 Å². The van der Waals surface area contributed by atoms with Gasteiger partial charge < -0.3 is 19.3 Å². The molecular formula is C28H37N5O5S. The number of hydrogen-bond donors (Lipinski definition) is 2. The lowest BCUT2D eigenvalue weighted by molar-refractivity contribution is -0.134. The van der Waals surface area contributed by atoms with Gasteiger partial charge in [0.15, 0.2) is 5.03 Å². The Bertz CT molecular complexity index is 1380. The second kappa shape index (κ2) is 12.2. The molecule has 0 saturated heterocycles. The van der Waals surface area contributed by atoms with Gasteiger partial charge >= 0.3 is 0 Å². The number of aromatic nitrogens is 2. The third kappa shape index (κ3) is 7.17. The van der Waals surface area contributed by atoms with Gasteiger partial charge in [-0.2, -0.15) is 8.42 Å². The van der Waals surface area contributed by atoms with Gasteiger partial charge in [-0.25, -0.2) is 4.98 Å². The number of nitrogens with zero attached hydrogens (tertiary/aromatic N) is 4. The van der Waals surface area contributed by atoms with Crippen molar-refractivity contribution in [3.63, 3.8) is 0 Å². The van der Waals surface area contributed by atoms with Gasteiger partial charge in [0.1, 0.15) is 11.9 Å². The van der Waals surface area contributed by atoms with E-state index in [4.69, 9.17) is 4.74 Å². The lowest BCUT2D eigenvalue weighted by atomic mass is 10.0. The third-order valence-electron chi connectivity index (χ3n) is 6.91. The van der Waals surface area contributed by atoms with Crippen LogP contribution < -0.4 is 9.46 Å². The Kier molecular flexibility index (Phi) is 8.94. The minimum Gasteiger partial charge on any atom is -0.488 e. The summed E-state index contributed by atoms with van der Waals surface area (Å²) in [5, 5.41) is 9.76. The predicted octanol–water partition coefficient (Wildman–Crippen LogP) is 2.50. The normalized spacial score (nSPS) is 19.0. The number of nitrogens with one attached hydrogen (secondary N) is 1. The number of carbonyl (C=O) groups is 1. The molecule has 0 bridgehead atoms. The third-order valence-corrected chi connectivity index (χ3v) is 8.18. The van der Waals surface area contributed by atoms with Crippen molar-refractivity contribution < 1.29 is 23.1 Å². The first-order chi connectivity index (χ1) is 18.6. The SMILES string of the molecule is C[C@@H]1CN([C@H](C)CO)C(=O)Cc2cc(NS(=O)(=O)c3cn(C)cn3)ccc2O[C@@H]1CN(C)Cc1ccccc1. The van der Waals surface area contributed by atoms with Crippen LogP contribution in [0, 0.1) is 5.92 Å². The van der Waals surface area contributed by atoms with E-state index in [2.05, 4.69) is 26.7 Å². The van der Waals surface area contributed by atoms with Crippen LogP contribution in [0.2, 0.25) is 0 Å². The first-order valence-corrected chi connectivity index (χ1v) is 14.5. The number of benzene rings is 2. The smallest absolute Gasteiger partial charge is 0.280 e. The number of aliphatic hydroxyl groups excluding tert-OH is 1. The zero-order valence-corrected chi connectivity index (χ0v) is 23.6. The molecular weight excluding hydrogens is 518 g/mol. The van der Waals surface area contributed by atoms with Gasteiger partial charge in [-0.15, -0.1) is 0 Å². The quantitative estimate of drug-likeness (QED) is 0.417. The summed E-state index contributed by atoms with van der Waals surface area (Å²) in [5.74, 6) is 0.346. The number of carbonyl (C=O) groups excluding carboxylic acids is 1. The van der Waals surface area contributed by atoms with E-state index in [1.165, 1.54) is 18.1 Å². The van der Waals surface area contributed by atoms with Crippen LogP contribution in [0.25, 0.3) is 0 Å². The van der Waals surface area contributed by atoms with E-state index < -0.39 is 10.0 Å². The van der Waals surface area contributed by atoms with E-state index in [1.807, 2.05) is 39.1 Å². The summed E-state index contributed by atoms with van der Waals surface area (Å²) in [5.41, 5.74) is 2.07. The minimum atomic E-state index is -3.91. The van der Waals surface area contributed by atoms with Gasteiger partial charge in [-0.3, -0.25) is 14.4 Å². The highest BCUT2D eigenvalue weighted by Gasteiger charge is 2.31. The summed E-state index contributed by atoms with van der Waals surface area (Å²) in [6, 6.07) is 14.8. The van der Waals surface area contributed by atoms with Crippen LogP contribution in [0.3, 0.4) is 0 Å². The topological polar surface area (TPSA) is 117 Å². The van der Waals surface area contributed by atoms with E-state index in [1.54, 1.807) is 34.7 Å². The number of aliphatic hydroxyl groups is 1. The highest BCUT2D eigenvalue weighted by Crippen LogP contribution is 2.30. The zero-order valence-electron chi connectivity index (χ0n) is 22.8. The van der Waals surface area contributed by atoms with Gasteiger partial charge in [0, 0.05) is 50.0 Å². The molecule has 3 atom stereocenters. The highest BCUT2D eigenvalue weighted by atomic mass is 32.2. The van der Waals surface area contributed by atoms with E-state index >= 15 is 0 Å². The van der Waals surface area contributed by atoms with Crippen LogP contribution >= 0.6 is 0 Å². The summed E-state index contributed by atoms with van der Waals surface area (Å²) < 4.78 is 36.3. The maximum atomic E-state index is 13.4. The Labute approximate surface area is 230 Å². The number of imidazole rings is 1. The number of aryl methyl sites for hydroxylation is 1. The monoisotopic (exact) mass is 555 g/mol. The summed E-state index contributed by atoms with van der Waals surface area (Å²) in [7, 11) is -0.183. The maximum absolute atomic E-state index is 13.4. The molecule has 39 heavy (non-hydrogen) atoms. The Morgan fingerprint density at radius 2 is 1.97 bits per heavy atom. The first-order valence-electron chi connectivity index (χ1n) is 13.0. The molecule has 0 unspecified atom stereocenters. The Morgan fingerprint density at radius 1 is 1.23 bits per heavy atom. The van der Waals surface area contributed by atoms with Crippen molar-refractivity contribution >= 4 is 21.6 Å². The van der Waals surface area contributed by atoms with Crippen molar-refractivity contribution in [3.8, 4) is 5.75 Å². The number of hydrogen-bond acceptors (Lipinski definition) is 7. The van der Waals surface area contributed by atoms with Crippen LogP contribution in [0.1, 0.15) is 25.0 Å². The van der Waals surface area contributed by atoms with Crippen LogP contribution in [0.4, 0.5) is 5.69 Å². The van der Waals surface area contributed by atoms with Crippen molar-refractivity contribution in [1.82, 2.24) is 19.4 Å². The lowest BCUT2D eigenvalue weighted by Gasteiger charge is -2.34. The second-order valence-electron chi connectivity index (χ2n) is 10.4. The van der Waals surface area contributed by atoms with Gasteiger partial charge in [0.2, 0.25) is 5.91 Å². The van der Waals surface area contributed by atoms with Crippen molar-refractivity contribution in [3.05, 3.63) is 72.2 Å². The lowest BCUT2D eigenvalue weighted by Crippen LogP contribution is -2.47.